The van der Waals surface area contributed by atoms with Crippen molar-refractivity contribution >= 4 is 11.9 Å². The molecule has 0 radical (unpaired) electrons. The fourth-order valence-corrected chi connectivity index (χ4v) is 1.96. The highest BCUT2D eigenvalue weighted by atomic mass is 16.2. The molecule has 0 saturated carbocycles. The molecule has 6 nitrogen and oxygen atoms in total. The van der Waals surface area contributed by atoms with Gasteiger partial charge in [0.25, 0.3) is 5.91 Å². The summed E-state index contributed by atoms with van der Waals surface area (Å²) in [4.78, 5) is 31.7. The standard InChI is InChI=1S/C13H26N4O2/c1-7-14(5)9-16-11(18)13(3,4)17(12(16)19)10-15(6)8-2/h7-10H2,1-6H3. The molecule has 1 aliphatic rings. The quantitative estimate of drug-likeness (QED) is 0.671. The first-order chi connectivity index (χ1) is 8.75. The van der Waals surface area contributed by atoms with Crippen LogP contribution in [0.15, 0.2) is 0 Å². The molecule has 0 aromatic rings. The Morgan fingerprint density at radius 3 is 1.95 bits per heavy atom. The first kappa shape index (κ1) is 15.9. The molecule has 6 heteroatoms. The number of carbonyl (C=O) groups excluding carboxylic acids is 2. The van der Waals surface area contributed by atoms with Gasteiger partial charge in [-0.3, -0.25) is 19.5 Å². The van der Waals surface area contributed by atoms with E-state index < -0.39 is 5.54 Å². The zero-order chi connectivity index (χ0) is 14.8. The van der Waals surface area contributed by atoms with E-state index in [0.717, 1.165) is 13.1 Å². The van der Waals surface area contributed by atoms with Crippen LogP contribution in [0.3, 0.4) is 0 Å². The number of nitrogens with zero attached hydrogens (tertiary/aromatic N) is 4. The van der Waals surface area contributed by atoms with Crippen molar-refractivity contribution in [2.75, 3.05) is 40.5 Å². The number of imide groups is 1. The Bertz CT molecular complexity index is 357. The van der Waals surface area contributed by atoms with E-state index in [1.807, 2.05) is 51.6 Å². The van der Waals surface area contributed by atoms with E-state index in [-0.39, 0.29) is 11.9 Å². The van der Waals surface area contributed by atoms with Crippen LogP contribution in [-0.4, -0.2) is 77.6 Å². The van der Waals surface area contributed by atoms with Crippen LogP contribution in [-0.2, 0) is 4.79 Å². The second-order valence-corrected chi connectivity index (χ2v) is 5.63. The molecule has 19 heavy (non-hydrogen) atoms. The maximum atomic E-state index is 12.4. The van der Waals surface area contributed by atoms with Crippen LogP contribution < -0.4 is 0 Å². The van der Waals surface area contributed by atoms with Crippen LogP contribution in [0.25, 0.3) is 0 Å². The number of amides is 3. The molecular weight excluding hydrogens is 244 g/mol. The molecule has 0 unspecified atom stereocenters. The lowest BCUT2D eigenvalue weighted by molar-refractivity contribution is -0.133. The highest BCUT2D eigenvalue weighted by molar-refractivity contribution is 6.06. The van der Waals surface area contributed by atoms with Crippen molar-refractivity contribution in [1.29, 1.82) is 0 Å². The maximum Gasteiger partial charge on any atom is 0.329 e. The molecule has 110 valence electrons. The maximum absolute atomic E-state index is 12.4. The summed E-state index contributed by atoms with van der Waals surface area (Å²) in [5.74, 6) is -0.123. The van der Waals surface area contributed by atoms with E-state index in [9.17, 15) is 9.59 Å². The molecule has 0 aromatic heterocycles. The Labute approximate surface area is 115 Å². The van der Waals surface area contributed by atoms with E-state index in [0.29, 0.717) is 13.3 Å². The molecule has 3 amide bonds. The average molecular weight is 270 g/mol. The summed E-state index contributed by atoms with van der Waals surface area (Å²) in [6, 6.07) is -0.199. The Hall–Kier alpha value is -1.14. The first-order valence-electron chi connectivity index (χ1n) is 6.76. The van der Waals surface area contributed by atoms with E-state index in [4.69, 9.17) is 0 Å². The Kier molecular flexibility index (Phi) is 4.92. The highest BCUT2D eigenvalue weighted by Crippen LogP contribution is 2.27. The SMILES string of the molecule is CCN(C)CN1C(=O)N(CN(C)CC)C(C)(C)C1=O. The minimum Gasteiger partial charge on any atom is -0.297 e. The number of hydrogen-bond acceptors (Lipinski definition) is 4. The van der Waals surface area contributed by atoms with Crippen LogP contribution in [0, 0.1) is 0 Å². The van der Waals surface area contributed by atoms with E-state index in [1.165, 1.54) is 4.90 Å². The monoisotopic (exact) mass is 270 g/mol. The fraction of sp³-hybridized carbons (Fsp3) is 0.846. The molecule has 0 N–H and O–H groups in total. The molecule has 0 aromatic carbocycles. The number of hydrogen-bond donors (Lipinski definition) is 0. The number of rotatable bonds is 6. The van der Waals surface area contributed by atoms with Crippen LogP contribution in [0.5, 0.6) is 0 Å². The largest absolute Gasteiger partial charge is 0.329 e. The molecule has 0 bridgehead atoms. The topological polar surface area (TPSA) is 47.1 Å². The molecule has 1 fully saturated rings. The third kappa shape index (κ3) is 3.06. The van der Waals surface area contributed by atoms with Crippen molar-refractivity contribution in [3.05, 3.63) is 0 Å². The van der Waals surface area contributed by atoms with E-state index in [1.54, 1.807) is 4.90 Å². The van der Waals surface area contributed by atoms with E-state index in [2.05, 4.69) is 0 Å². The zero-order valence-electron chi connectivity index (χ0n) is 12.9. The van der Waals surface area contributed by atoms with Gasteiger partial charge in [-0.1, -0.05) is 13.8 Å². The zero-order valence-corrected chi connectivity index (χ0v) is 12.9. The predicted octanol–water partition coefficient (Wildman–Crippen LogP) is 0.848. The normalized spacial score (nSPS) is 19.2. The van der Waals surface area contributed by atoms with Gasteiger partial charge < -0.3 is 0 Å². The van der Waals surface area contributed by atoms with Crippen molar-refractivity contribution in [2.45, 2.75) is 33.2 Å². The summed E-state index contributed by atoms with van der Waals surface area (Å²) in [7, 11) is 3.84. The Balaban J connectivity index is 2.90. The average Bonchev–Trinajstić information content (AvgIpc) is 2.52. The number of carbonyl (C=O) groups is 2. The van der Waals surface area contributed by atoms with Gasteiger partial charge in [-0.2, -0.15) is 0 Å². The van der Waals surface area contributed by atoms with Crippen molar-refractivity contribution in [3.63, 3.8) is 0 Å². The molecule has 0 spiro atoms. The summed E-state index contributed by atoms with van der Waals surface area (Å²) in [5.41, 5.74) is -0.769. The molecule has 0 aliphatic carbocycles. The van der Waals surface area contributed by atoms with Crippen LogP contribution in [0.4, 0.5) is 4.79 Å². The van der Waals surface area contributed by atoms with Gasteiger partial charge in [0.2, 0.25) is 0 Å². The lowest BCUT2D eigenvalue weighted by atomic mass is 10.0. The van der Waals surface area contributed by atoms with E-state index >= 15 is 0 Å². The van der Waals surface area contributed by atoms with Gasteiger partial charge in [0, 0.05) is 0 Å². The van der Waals surface area contributed by atoms with Gasteiger partial charge >= 0.3 is 6.03 Å². The second-order valence-electron chi connectivity index (χ2n) is 5.63. The van der Waals surface area contributed by atoms with Crippen molar-refractivity contribution in [3.8, 4) is 0 Å². The van der Waals surface area contributed by atoms with Gasteiger partial charge in [0.15, 0.2) is 0 Å². The summed E-state index contributed by atoms with van der Waals surface area (Å²) in [6.07, 6.45) is 0. The molecule has 1 aliphatic heterocycles. The lowest BCUT2D eigenvalue weighted by Crippen LogP contribution is -2.48. The van der Waals surface area contributed by atoms with Gasteiger partial charge in [0.05, 0.1) is 13.3 Å². The molecular formula is C13H26N4O2. The van der Waals surface area contributed by atoms with Crippen molar-refractivity contribution in [1.82, 2.24) is 19.6 Å². The third-order valence-electron chi connectivity index (χ3n) is 3.75. The molecule has 1 rings (SSSR count). The summed E-state index contributed by atoms with van der Waals surface area (Å²) < 4.78 is 0. The molecule has 1 saturated heterocycles. The Morgan fingerprint density at radius 2 is 1.47 bits per heavy atom. The van der Waals surface area contributed by atoms with Gasteiger partial charge in [-0.15, -0.1) is 0 Å². The predicted molar refractivity (Wildman–Crippen MR) is 74.5 cm³/mol. The minimum atomic E-state index is -0.769. The molecule has 0 atom stereocenters. The van der Waals surface area contributed by atoms with Gasteiger partial charge in [-0.25, -0.2) is 9.69 Å². The third-order valence-corrected chi connectivity index (χ3v) is 3.75. The number of urea groups is 1. The van der Waals surface area contributed by atoms with Crippen molar-refractivity contribution < 1.29 is 9.59 Å². The molecule has 1 heterocycles. The summed E-state index contributed by atoms with van der Waals surface area (Å²) in [5, 5.41) is 0. The highest BCUT2D eigenvalue weighted by Gasteiger charge is 2.51. The van der Waals surface area contributed by atoms with Gasteiger partial charge in [0.1, 0.15) is 5.54 Å². The summed E-state index contributed by atoms with van der Waals surface area (Å²) >= 11 is 0. The summed E-state index contributed by atoms with van der Waals surface area (Å²) in [6.45, 7) is 10.1. The van der Waals surface area contributed by atoms with Gasteiger partial charge in [-0.05, 0) is 41.0 Å². The van der Waals surface area contributed by atoms with Crippen LogP contribution in [0.2, 0.25) is 0 Å². The minimum absolute atomic E-state index is 0.123. The fourth-order valence-electron chi connectivity index (χ4n) is 1.96. The van der Waals surface area contributed by atoms with Crippen molar-refractivity contribution in [2.24, 2.45) is 0 Å². The lowest BCUT2D eigenvalue weighted by Gasteiger charge is -2.31. The first-order valence-corrected chi connectivity index (χ1v) is 6.76. The van der Waals surface area contributed by atoms with Crippen LogP contribution >= 0.6 is 0 Å². The Morgan fingerprint density at radius 1 is 1.00 bits per heavy atom. The smallest absolute Gasteiger partial charge is 0.297 e. The second kappa shape index (κ2) is 5.88. The van der Waals surface area contributed by atoms with Crippen LogP contribution in [0.1, 0.15) is 27.7 Å².